The summed E-state index contributed by atoms with van der Waals surface area (Å²) in [6.07, 6.45) is 0. The van der Waals surface area contributed by atoms with Crippen molar-refractivity contribution in [1.29, 1.82) is 0 Å². The third-order valence-electron chi connectivity index (χ3n) is 10.1. The van der Waals surface area contributed by atoms with E-state index in [2.05, 4.69) is 204 Å². The van der Waals surface area contributed by atoms with Crippen molar-refractivity contribution in [3.8, 4) is 16.8 Å². The molecule has 1 aromatic heterocycles. The Morgan fingerprint density at radius 2 is 0.960 bits per heavy atom. The fourth-order valence-electron chi connectivity index (χ4n) is 7.88. The lowest BCUT2D eigenvalue weighted by Gasteiger charge is -2.28. The molecule has 2 heteroatoms. The molecular weight excluding hydrogens is 605 g/mol. The van der Waals surface area contributed by atoms with E-state index >= 15 is 0 Å². The lowest BCUT2D eigenvalue weighted by atomic mass is 9.94. The first-order valence-corrected chi connectivity index (χ1v) is 17.2. The third-order valence-corrected chi connectivity index (χ3v) is 10.1. The predicted octanol–water partition coefficient (Wildman–Crippen LogP) is 13.4. The zero-order valence-electron chi connectivity index (χ0n) is 27.4. The summed E-state index contributed by atoms with van der Waals surface area (Å²) in [6.45, 7) is 0. The molecule has 0 fully saturated rings. The summed E-state index contributed by atoms with van der Waals surface area (Å²) in [5.74, 6) is 0. The number of benzene rings is 9. The normalized spacial score (nSPS) is 11.6. The fourth-order valence-corrected chi connectivity index (χ4v) is 7.88. The summed E-state index contributed by atoms with van der Waals surface area (Å²) in [4.78, 5) is 2.45. The van der Waals surface area contributed by atoms with Gasteiger partial charge >= 0.3 is 0 Å². The van der Waals surface area contributed by atoms with Crippen molar-refractivity contribution >= 4 is 71.2 Å². The van der Waals surface area contributed by atoms with Crippen molar-refractivity contribution in [3.05, 3.63) is 194 Å². The van der Waals surface area contributed by atoms with Crippen molar-refractivity contribution in [2.24, 2.45) is 0 Å². The van der Waals surface area contributed by atoms with Gasteiger partial charge in [-0.1, -0.05) is 146 Å². The summed E-state index contributed by atoms with van der Waals surface area (Å²) >= 11 is 0. The van der Waals surface area contributed by atoms with E-state index in [1.165, 1.54) is 65.3 Å². The molecule has 0 spiro atoms. The Labute approximate surface area is 290 Å². The van der Waals surface area contributed by atoms with E-state index in [1.54, 1.807) is 0 Å². The Hall–Kier alpha value is -6.64. The molecule has 0 aliphatic heterocycles. The quantitative estimate of drug-likeness (QED) is 0.171. The third kappa shape index (κ3) is 4.50. The molecule has 0 atom stereocenters. The van der Waals surface area contributed by atoms with Crippen LogP contribution in [0.4, 0.5) is 17.1 Å². The van der Waals surface area contributed by atoms with E-state index in [-0.39, 0.29) is 0 Å². The number of para-hydroxylation sites is 2. The van der Waals surface area contributed by atoms with Crippen LogP contribution in [0.3, 0.4) is 0 Å². The molecule has 2 nitrogen and oxygen atoms in total. The highest BCUT2D eigenvalue weighted by atomic mass is 15.1. The Morgan fingerprint density at radius 3 is 1.80 bits per heavy atom. The van der Waals surface area contributed by atoms with E-state index in [0.29, 0.717) is 0 Å². The molecule has 0 N–H and O–H groups in total. The van der Waals surface area contributed by atoms with Gasteiger partial charge in [0.2, 0.25) is 0 Å². The van der Waals surface area contributed by atoms with Gasteiger partial charge in [0.1, 0.15) is 0 Å². The van der Waals surface area contributed by atoms with Gasteiger partial charge in [-0.3, -0.25) is 0 Å². The standard InChI is InChI=1S/C48H32N2/c1-3-14-33(15-4-1)35-17-13-20-38(30-35)49(46-31-36-27-26-34-16-7-8-21-40(34)48(36)44-24-10-9-23-42(44)46)39-28-29-43-41-22-11-12-25-45(41)50(47(43)32-39)37-18-5-2-6-19-37/h1-32H. The molecule has 10 aromatic rings. The molecular formula is C48H32N2. The second kappa shape index (κ2) is 11.5. The second-order valence-electron chi connectivity index (χ2n) is 13.0. The molecule has 234 valence electrons. The molecule has 10 rings (SSSR count). The van der Waals surface area contributed by atoms with Crippen molar-refractivity contribution in [2.75, 3.05) is 4.90 Å². The Morgan fingerprint density at radius 1 is 0.340 bits per heavy atom. The first-order chi connectivity index (χ1) is 24.8. The van der Waals surface area contributed by atoms with Crippen molar-refractivity contribution in [1.82, 2.24) is 4.57 Å². The van der Waals surface area contributed by atoms with Crippen molar-refractivity contribution in [2.45, 2.75) is 0 Å². The van der Waals surface area contributed by atoms with Crippen LogP contribution in [0.2, 0.25) is 0 Å². The minimum Gasteiger partial charge on any atom is -0.310 e. The van der Waals surface area contributed by atoms with E-state index in [0.717, 1.165) is 22.7 Å². The summed E-state index contributed by atoms with van der Waals surface area (Å²) in [7, 11) is 0. The van der Waals surface area contributed by atoms with Crippen molar-refractivity contribution < 1.29 is 0 Å². The monoisotopic (exact) mass is 636 g/mol. The van der Waals surface area contributed by atoms with Crippen LogP contribution in [-0.4, -0.2) is 4.57 Å². The Kier molecular flexibility index (Phi) is 6.53. The van der Waals surface area contributed by atoms with Gasteiger partial charge in [0.15, 0.2) is 0 Å². The molecule has 0 radical (unpaired) electrons. The van der Waals surface area contributed by atoms with Gasteiger partial charge in [-0.25, -0.2) is 0 Å². The maximum Gasteiger partial charge on any atom is 0.0561 e. The maximum absolute atomic E-state index is 2.45. The topological polar surface area (TPSA) is 8.17 Å². The van der Waals surface area contributed by atoms with Gasteiger partial charge in [-0.05, 0) is 86.6 Å². The van der Waals surface area contributed by atoms with Gasteiger partial charge in [0.25, 0.3) is 0 Å². The first-order valence-electron chi connectivity index (χ1n) is 17.2. The van der Waals surface area contributed by atoms with Gasteiger partial charge in [-0.2, -0.15) is 0 Å². The molecule has 0 aliphatic carbocycles. The summed E-state index contributed by atoms with van der Waals surface area (Å²) in [5.41, 5.74) is 9.27. The lowest BCUT2D eigenvalue weighted by molar-refractivity contribution is 1.18. The first kappa shape index (κ1) is 28.4. The van der Waals surface area contributed by atoms with Gasteiger partial charge in [-0.15, -0.1) is 0 Å². The number of hydrogen-bond acceptors (Lipinski definition) is 1. The van der Waals surface area contributed by atoms with E-state index in [4.69, 9.17) is 0 Å². The van der Waals surface area contributed by atoms with Gasteiger partial charge < -0.3 is 9.47 Å². The van der Waals surface area contributed by atoms with Crippen LogP contribution in [0.1, 0.15) is 0 Å². The van der Waals surface area contributed by atoms with Crippen molar-refractivity contribution in [3.63, 3.8) is 0 Å². The average Bonchev–Trinajstić information content (AvgIpc) is 3.52. The fraction of sp³-hybridized carbons (Fsp3) is 0. The van der Waals surface area contributed by atoms with Crippen LogP contribution in [0.5, 0.6) is 0 Å². The summed E-state index contributed by atoms with van der Waals surface area (Å²) in [5, 5.41) is 10.00. The molecule has 0 amide bonds. The van der Waals surface area contributed by atoms with Crippen LogP contribution < -0.4 is 4.90 Å². The smallest absolute Gasteiger partial charge is 0.0561 e. The van der Waals surface area contributed by atoms with E-state index in [1.807, 2.05) is 0 Å². The number of fused-ring (bicyclic) bond motifs is 8. The second-order valence-corrected chi connectivity index (χ2v) is 13.0. The molecule has 1 heterocycles. The highest BCUT2D eigenvalue weighted by Gasteiger charge is 2.21. The zero-order valence-corrected chi connectivity index (χ0v) is 27.4. The number of anilines is 3. The highest BCUT2D eigenvalue weighted by Crippen LogP contribution is 2.45. The van der Waals surface area contributed by atoms with Crippen LogP contribution in [0, 0.1) is 0 Å². The minimum absolute atomic E-state index is 1.10. The molecule has 0 saturated heterocycles. The highest BCUT2D eigenvalue weighted by molar-refractivity contribution is 6.24. The summed E-state index contributed by atoms with van der Waals surface area (Å²) < 4.78 is 2.40. The largest absolute Gasteiger partial charge is 0.310 e. The summed E-state index contributed by atoms with van der Waals surface area (Å²) in [6, 6.07) is 70.5. The van der Waals surface area contributed by atoms with Crippen LogP contribution in [0.25, 0.3) is 70.9 Å². The molecule has 50 heavy (non-hydrogen) atoms. The van der Waals surface area contributed by atoms with E-state index in [9.17, 15) is 0 Å². The van der Waals surface area contributed by atoms with Gasteiger partial charge in [0.05, 0.1) is 16.7 Å². The lowest BCUT2D eigenvalue weighted by Crippen LogP contribution is -2.11. The zero-order chi connectivity index (χ0) is 33.0. The Balaban J connectivity index is 1.30. The average molecular weight is 637 g/mol. The predicted molar refractivity (Wildman–Crippen MR) is 213 cm³/mol. The minimum atomic E-state index is 1.10. The molecule has 9 aromatic carbocycles. The number of nitrogens with zero attached hydrogens (tertiary/aromatic N) is 2. The molecule has 0 saturated carbocycles. The van der Waals surface area contributed by atoms with Crippen LogP contribution in [0.15, 0.2) is 194 Å². The number of rotatable bonds is 5. The molecule has 0 aliphatic rings. The SMILES string of the molecule is c1ccc(-c2cccc(N(c3ccc4c5ccccc5n(-c5ccccc5)c4c3)c3cc4ccc5ccccc5c4c4ccccc34)c2)cc1. The Bertz CT molecular complexity index is 2870. The van der Waals surface area contributed by atoms with E-state index < -0.39 is 0 Å². The van der Waals surface area contributed by atoms with Crippen LogP contribution >= 0.6 is 0 Å². The molecule has 0 unspecified atom stereocenters. The number of hydrogen-bond donors (Lipinski definition) is 0. The molecule has 0 bridgehead atoms. The number of aromatic nitrogens is 1. The van der Waals surface area contributed by atoms with Gasteiger partial charge in [0, 0.05) is 33.2 Å². The van der Waals surface area contributed by atoms with Crippen LogP contribution in [-0.2, 0) is 0 Å². The maximum atomic E-state index is 2.45.